The third-order valence-electron chi connectivity index (χ3n) is 5.44. The Hall–Kier alpha value is -1.89. The van der Waals surface area contributed by atoms with Gasteiger partial charge in [0, 0.05) is 30.9 Å². The molecule has 0 aliphatic carbocycles. The minimum atomic E-state index is -0.778. The van der Waals surface area contributed by atoms with Crippen LogP contribution in [0.2, 0.25) is 0 Å². The molecule has 0 radical (unpaired) electrons. The van der Waals surface area contributed by atoms with Crippen LogP contribution in [-0.2, 0) is 11.2 Å². The van der Waals surface area contributed by atoms with Crippen molar-refractivity contribution in [1.82, 2.24) is 20.4 Å². The van der Waals surface area contributed by atoms with Crippen LogP contribution in [0.25, 0.3) is 0 Å². The predicted molar refractivity (Wildman–Crippen MR) is 84.3 cm³/mol. The first-order valence-electron chi connectivity index (χ1n) is 8.25. The van der Waals surface area contributed by atoms with Crippen molar-refractivity contribution in [2.45, 2.75) is 45.6 Å². The summed E-state index contributed by atoms with van der Waals surface area (Å²) in [6.07, 6.45) is 3.18. The Labute approximate surface area is 135 Å². The van der Waals surface area contributed by atoms with Crippen molar-refractivity contribution >= 4 is 11.9 Å². The molecular weight excluding hydrogens is 296 g/mol. The van der Waals surface area contributed by atoms with Gasteiger partial charge in [-0.1, -0.05) is 6.92 Å². The van der Waals surface area contributed by atoms with Gasteiger partial charge in [-0.15, -0.1) is 0 Å². The molecule has 1 amide bonds. The number of nitrogens with zero attached hydrogens (tertiary/aromatic N) is 2. The number of aryl methyl sites for hydroxylation is 1. The van der Waals surface area contributed by atoms with Crippen LogP contribution in [0.1, 0.15) is 47.9 Å². The highest BCUT2D eigenvalue weighted by Crippen LogP contribution is 2.39. The van der Waals surface area contributed by atoms with E-state index < -0.39 is 12.0 Å². The second-order valence-electron chi connectivity index (χ2n) is 6.80. The SMILES string of the molecule is CCc1[nH]nc(C(=O)N2CCC3(CC2)CNC(C(=O)O)C3)c1C. The van der Waals surface area contributed by atoms with Crippen LogP contribution in [-0.4, -0.2) is 57.8 Å². The summed E-state index contributed by atoms with van der Waals surface area (Å²) >= 11 is 0. The van der Waals surface area contributed by atoms with Gasteiger partial charge >= 0.3 is 5.97 Å². The van der Waals surface area contributed by atoms with E-state index in [1.807, 2.05) is 18.7 Å². The van der Waals surface area contributed by atoms with Gasteiger partial charge in [-0.2, -0.15) is 5.10 Å². The molecule has 1 atom stereocenters. The van der Waals surface area contributed by atoms with E-state index in [0.717, 1.165) is 37.1 Å². The summed E-state index contributed by atoms with van der Waals surface area (Å²) < 4.78 is 0. The van der Waals surface area contributed by atoms with E-state index in [9.17, 15) is 9.59 Å². The van der Waals surface area contributed by atoms with Gasteiger partial charge in [0.15, 0.2) is 5.69 Å². The van der Waals surface area contributed by atoms with E-state index in [1.165, 1.54) is 0 Å². The number of amides is 1. The topological polar surface area (TPSA) is 98.3 Å². The lowest BCUT2D eigenvalue weighted by Crippen LogP contribution is -2.44. The second-order valence-corrected chi connectivity index (χ2v) is 6.80. The summed E-state index contributed by atoms with van der Waals surface area (Å²) in [5.74, 6) is -0.798. The number of H-pyrrole nitrogens is 1. The van der Waals surface area contributed by atoms with E-state index >= 15 is 0 Å². The van der Waals surface area contributed by atoms with Gasteiger partial charge < -0.3 is 15.3 Å². The zero-order valence-electron chi connectivity index (χ0n) is 13.7. The Balaban J connectivity index is 1.64. The van der Waals surface area contributed by atoms with Crippen molar-refractivity contribution in [3.8, 4) is 0 Å². The molecule has 3 heterocycles. The van der Waals surface area contributed by atoms with Crippen molar-refractivity contribution in [1.29, 1.82) is 0 Å². The molecule has 2 aliphatic rings. The number of piperidine rings is 1. The molecule has 23 heavy (non-hydrogen) atoms. The summed E-state index contributed by atoms with van der Waals surface area (Å²) in [5, 5.41) is 19.3. The van der Waals surface area contributed by atoms with E-state index in [0.29, 0.717) is 25.2 Å². The highest BCUT2D eigenvalue weighted by molar-refractivity contribution is 5.94. The maximum Gasteiger partial charge on any atom is 0.320 e. The molecule has 1 unspecified atom stereocenters. The molecule has 3 rings (SSSR count). The van der Waals surface area contributed by atoms with E-state index in [4.69, 9.17) is 5.11 Å². The average molecular weight is 320 g/mol. The zero-order valence-corrected chi connectivity index (χ0v) is 13.7. The number of hydrogen-bond donors (Lipinski definition) is 3. The van der Waals surface area contributed by atoms with Gasteiger partial charge in [0.2, 0.25) is 0 Å². The molecule has 1 spiro atoms. The molecule has 7 nitrogen and oxygen atoms in total. The molecule has 0 aromatic carbocycles. The fourth-order valence-electron chi connectivity index (χ4n) is 3.79. The number of carboxylic acids is 1. The molecule has 7 heteroatoms. The number of likely N-dealkylation sites (tertiary alicyclic amines) is 1. The Morgan fingerprint density at radius 3 is 2.61 bits per heavy atom. The van der Waals surface area contributed by atoms with Gasteiger partial charge in [-0.3, -0.25) is 14.7 Å². The second kappa shape index (κ2) is 5.96. The Morgan fingerprint density at radius 2 is 2.09 bits per heavy atom. The van der Waals surface area contributed by atoms with Crippen LogP contribution < -0.4 is 5.32 Å². The van der Waals surface area contributed by atoms with Crippen LogP contribution in [0.3, 0.4) is 0 Å². The molecule has 1 aromatic rings. The van der Waals surface area contributed by atoms with Crippen molar-refractivity contribution in [3.63, 3.8) is 0 Å². The molecule has 3 N–H and O–H groups in total. The van der Waals surface area contributed by atoms with Crippen LogP contribution in [0, 0.1) is 12.3 Å². The van der Waals surface area contributed by atoms with Crippen LogP contribution in [0.5, 0.6) is 0 Å². The smallest absolute Gasteiger partial charge is 0.320 e. The highest BCUT2D eigenvalue weighted by atomic mass is 16.4. The summed E-state index contributed by atoms with van der Waals surface area (Å²) in [5.41, 5.74) is 2.48. The van der Waals surface area contributed by atoms with Gasteiger partial charge in [-0.05, 0) is 38.0 Å². The summed E-state index contributed by atoms with van der Waals surface area (Å²) in [4.78, 5) is 25.6. The normalized spacial score (nSPS) is 23.4. The number of aliphatic carboxylic acids is 1. The monoisotopic (exact) mass is 320 g/mol. The number of carboxylic acid groups (broad SMARTS) is 1. The molecule has 2 aliphatic heterocycles. The maximum atomic E-state index is 12.7. The number of aromatic amines is 1. The third kappa shape index (κ3) is 2.85. The van der Waals surface area contributed by atoms with Gasteiger partial charge in [0.1, 0.15) is 6.04 Å². The van der Waals surface area contributed by atoms with E-state index in [2.05, 4.69) is 15.5 Å². The molecule has 126 valence electrons. The Kier molecular flexibility index (Phi) is 4.14. The summed E-state index contributed by atoms with van der Waals surface area (Å²) in [7, 11) is 0. The average Bonchev–Trinajstić information content (AvgIpc) is 3.12. The Morgan fingerprint density at radius 1 is 1.39 bits per heavy atom. The number of hydrogen-bond acceptors (Lipinski definition) is 4. The minimum Gasteiger partial charge on any atom is -0.480 e. The fraction of sp³-hybridized carbons (Fsp3) is 0.688. The number of aromatic nitrogens is 2. The first kappa shape index (κ1) is 16.0. The van der Waals surface area contributed by atoms with Crippen LogP contribution >= 0.6 is 0 Å². The zero-order chi connectivity index (χ0) is 16.6. The van der Waals surface area contributed by atoms with E-state index in [-0.39, 0.29) is 11.3 Å². The number of nitrogens with one attached hydrogen (secondary N) is 2. The quantitative estimate of drug-likeness (QED) is 0.770. The van der Waals surface area contributed by atoms with Crippen LogP contribution in [0.15, 0.2) is 0 Å². The fourth-order valence-corrected chi connectivity index (χ4v) is 3.79. The largest absolute Gasteiger partial charge is 0.480 e. The molecule has 0 bridgehead atoms. The molecule has 2 saturated heterocycles. The first-order valence-corrected chi connectivity index (χ1v) is 8.25. The lowest BCUT2D eigenvalue weighted by molar-refractivity contribution is -0.139. The van der Waals surface area contributed by atoms with Crippen molar-refractivity contribution in [2.24, 2.45) is 5.41 Å². The minimum absolute atomic E-state index is 0.0194. The van der Waals surface area contributed by atoms with Crippen molar-refractivity contribution in [3.05, 3.63) is 17.0 Å². The van der Waals surface area contributed by atoms with Gasteiger partial charge in [-0.25, -0.2) is 0 Å². The first-order chi connectivity index (χ1) is 11.0. The van der Waals surface area contributed by atoms with Crippen molar-refractivity contribution < 1.29 is 14.7 Å². The predicted octanol–water partition coefficient (Wildman–Crippen LogP) is 0.949. The van der Waals surface area contributed by atoms with Crippen LogP contribution in [0.4, 0.5) is 0 Å². The van der Waals surface area contributed by atoms with Gasteiger partial charge in [0.05, 0.1) is 0 Å². The number of carbonyl (C=O) groups excluding carboxylic acids is 1. The maximum absolute atomic E-state index is 12.7. The molecule has 2 fully saturated rings. The Bertz CT molecular complexity index is 617. The van der Waals surface area contributed by atoms with Gasteiger partial charge in [0.25, 0.3) is 5.91 Å². The highest BCUT2D eigenvalue weighted by Gasteiger charge is 2.44. The summed E-state index contributed by atoms with van der Waals surface area (Å²) in [6.45, 7) is 6.03. The lowest BCUT2D eigenvalue weighted by Gasteiger charge is -2.38. The molecule has 1 aromatic heterocycles. The summed E-state index contributed by atoms with van der Waals surface area (Å²) in [6, 6.07) is -0.446. The number of rotatable bonds is 3. The van der Waals surface area contributed by atoms with E-state index in [1.54, 1.807) is 0 Å². The number of carbonyl (C=O) groups is 2. The standard InChI is InChI=1S/C16H24N4O3/c1-3-11-10(2)13(19-18-11)14(21)20-6-4-16(5-7-20)8-12(15(22)23)17-9-16/h12,17H,3-9H2,1-2H3,(H,18,19)(H,22,23). The van der Waals surface area contributed by atoms with Crippen molar-refractivity contribution in [2.75, 3.05) is 19.6 Å². The third-order valence-corrected chi connectivity index (χ3v) is 5.44. The molecular formula is C16H24N4O3. The lowest BCUT2D eigenvalue weighted by atomic mass is 9.76. The molecule has 0 saturated carbocycles.